The molecule has 0 aliphatic carbocycles. The Balaban J connectivity index is 1.17. The monoisotopic (exact) mass is 560 g/mol. The topological polar surface area (TPSA) is 82.9 Å². The smallest absolute Gasteiger partial charge is 0.381 e. The lowest BCUT2D eigenvalue weighted by Crippen LogP contribution is -2.53. The molecule has 216 valence electrons. The molecule has 0 bridgehead atoms. The van der Waals surface area contributed by atoms with Crippen molar-refractivity contribution in [1.29, 1.82) is 0 Å². The number of hydrogen-bond acceptors (Lipinski definition) is 6. The number of benzene rings is 1. The van der Waals surface area contributed by atoms with Crippen molar-refractivity contribution in [3.8, 4) is 0 Å². The van der Waals surface area contributed by atoms with E-state index in [0.717, 1.165) is 50.9 Å². The number of ether oxygens (including phenoxy) is 1. The zero-order valence-corrected chi connectivity index (χ0v) is 22.6. The number of aromatic nitrogens is 2. The minimum atomic E-state index is -4.39. The van der Waals surface area contributed by atoms with Crippen LogP contribution in [0.4, 0.5) is 29.5 Å². The van der Waals surface area contributed by atoms with Gasteiger partial charge in [0.05, 0.1) is 18.8 Å². The minimum Gasteiger partial charge on any atom is -0.381 e. The zero-order chi connectivity index (χ0) is 28.1. The van der Waals surface area contributed by atoms with Crippen molar-refractivity contribution in [2.24, 2.45) is 11.8 Å². The number of halogens is 3. The summed E-state index contributed by atoms with van der Waals surface area (Å²) in [5, 5.41) is 6.75. The fourth-order valence-corrected chi connectivity index (χ4v) is 7.00. The highest BCUT2D eigenvalue weighted by atomic mass is 19.4. The molecule has 2 aromatic rings. The Morgan fingerprint density at radius 1 is 1.07 bits per heavy atom. The lowest BCUT2D eigenvalue weighted by atomic mass is 9.84. The summed E-state index contributed by atoms with van der Waals surface area (Å²) in [4.78, 5) is 30.7. The molecule has 5 heterocycles. The Bertz CT molecular complexity index is 1260. The number of rotatable bonds is 4. The van der Waals surface area contributed by atoms with Crippen LogP contribution in [0.3, 0.4) is 0 Å². The van der Waals surface area contributed by atoms with Crippen LogP contribution in [0.2, 0.25) is 0 Å². The number of carbonyl (C=O) groups excluding carboxylic acids is 2. The van der Waals surface area contributed by atoms with E-state index in [1.54, 1.807) is 23.2 Å². The van der Waals surface area contributed by atoms with Crippen LogP contribution >= 0.6 is 0 Å². The molecule has 1 aromatic carbocycles. The van der Waals surface area contributed by atoms with E-state index < -0.39 is 11.7 Å². The van der Waals surface area contributed by atoms with Gasteiger partial charge in [0.2, 0.25) is 5.91 Å². The van der Waals surface area contributed by atoms with Crippen LogP contribution in [0.5, 0.6) is 0 Å². The van der Waals surface area contributed by atoms with Gasteiger partial charge >= 0.3 is 12.2 Å². The van der Waals surface area contributed by atoms with Crippen molar-refractivity contribution in [1.82, 2.24) is 19.6 Å². The molecule has 40 heavy (non-hydrogen) atoms. The number of hydrogen-bond donors (Lipinski definition) is 1. The number of fused-ring (bicyclic) bond motifs is 1. The molecule has 4 saturated heterocycles. The Hall–Kier alpha value is -3.12. The SMILES string of the molecule is CC(=O)Nc1ccn(C(=O)N2CCC3(CCCN3Cc3ccc(C(F)(F)F)cc3N3CC4COCC4C3)CC2)n1. The van der Waals surface area contributed by atoms with Gasteiger partial charge in [0.1, 0.15) is 0 Å². The van der Waals surface area contributed by atoms with Crippen molar-refractivity contribution in [2.45, 2.75) is 50.9 Å². The van der Waals surface area contributed by atoms with E-state index in [4.69, 9.17) is 4.74 Å². The molecule has 0 saturated carbocycles. The molecule has 1 spiro atoms. The Morgan fingerprint density at radius 3 is 2.48 bits per heavy atom. The first kappa shape index (κ1) is 27.1. The summed E-state index contributed by atoms with van der Waals surface area (Å²) in [6.45, 7) is 6.78. The van der Waals surface area contributed by atoms with Crippen molar-refractivity contribution in [3.63, 3.8) is 0 Å². The summed E-state index contributed by atoms with van der Waals surface area (Å²) in [7, 11) is 0. The first-order chi connectivity index (χ1) is 19.1. The summed E-state index contributed by atoms with van der Waals surface area (Å²) < 4.78 is 47.9. The van der Waals surface area contributed by atoms with Gasteiger partial charge in [0.15, 0.2) is 5.82 Å². The van der Waals surface area contributed by atoms with Crippen LogP contribution in [0, 0.1) is 11.8 Å². The van der Waals surface area contributed by atoms with Crippen LogP contribution in [-0.2, 0) is 22.3 Å². The summed E-state index contributed by atoms with van der Waals surface area (Å²) in [5.41, 5.74) is 0.920. The maximum Gasteiger partial charge on any atom is 0.416 e. The van der Waals surface area contributed by atoms with Gasteiger partial charge in [-0.3, -0.25) is 9.69 Å². The van der Waals surface area contributed by atoms with Gasteiger partial charge in [-0.2, -0.15) is 17.9 Å². The Kier molecular flexibility index (Phi) is 7.02. The third kappa shape index (κ3) is 5.18. The maximum atomic E-state index is 13.7. The van der Waals surface area contributed by atoms with E-state index in [1.807, 2.05) is 0 Å². The second kappa shape index (κ2) is 10.4. The average Bonchev–Trinajstić information content (AvgIpc) is 3.69. The van der Waals surface area contributed by atoms with Gasteiger partial charge < -0.3 is 19.9 Å². The number of piperidine rings is 1. The van der Waals surface area contributed by atoms with E-state index in [9.17, 15) is 22.8 Å². The highest BCUT2D eigenvalue weighted by molar-refractivity contribution is 5.88. The van der Waals surface area contributed by atoms with Gasteiger partial charge in [-0.25, -0.2) is 4.79 Å². The molecule has 0 radical (unpaired) electrons. The fourth-order valence-electron chi connectivity index (χ4n) is 7.00. The maximum absolute atomic E-state index is 13.7. The molecule has 9 nitrogen and oxygen atoms in total. The lowest BCUT2D eigenvalue weighted by molar-refractivity contribution is -0.137. The molecule has 2 amide bonds. The first-order valence-corrected chi connectivity index (χ1v) is 14.0. The van der Waals surface area contributed by atoms with Crippen molar-refractivity contribution < 1.29 is 27.5 Å². The summed E-state index contributed by atoms with van der Waals surface area (Å²) in [5.74, 6) is 0.813. The minimum absolute atomic E-state index is 0.0857. The van der Waals surface area contributed by atoms with Crippen LogP contribution in [0.1, 0.15) is 43.7 Å². The highest BCUT2D eigenvalue weighted by Crippen LogP contribution is 2.42. The molecule has 2 atom stereocenters. The van der Waals surface area contributed by atoms with E-state index in [0.29, 0.717) is 56.2 Å². The number of anilines is 2. The number of alkyl halides is 3. The molecular weight excluding hydrogens is 525 g/mol. The normalized spacial score (nSPS) is 24.6. The summed E-state index contributed by atoms with van der Waals surface area (Å²) >= 11 is 0. The van der Waals surface area contributed by atoms with E-state index >= 15 is 0 Å². The first-order valence-electron chi connectivity index (χ1n) is 14.0. The third-order valence-electron chi connectivity index (χ3n) is 9.15. The molecule has 4 fully saturated rings. The molecule has 4 aliphatic heterocycles. The van der Waals surface area contributed by atoms with E-state index in [2.05, 4.69) is 20.2 Å². The quantitative estimate of drug-likeness (QED) is 0.608. The number of carbonyl (C=O) groups is 2. The Labute approximate surface area is 231 Å². The van der Waals surface area contributed by atoms with Crippen LogP contribution in [0.25, 0.3) is 0 Å². The zero-order valence-electron chi connectivity index (χ0n) is 22.6. The van der Waals surface area contributed by atoms with Gasteiger partial charge in [0, 0.05) is 75.0 Å². The molecular formula is C28H35F3N6O3. The number of likely N-dealkylation sites (tertiary alicyclic amines) is 2. The fraction of sp³-hybridized carbons (Fsp3) is 0.607. The number of amides is 2. The van der Waals surface area contributed by atoms with Crippen molar-refractivity contribution in [2.75, 3.05) is 56.2 Å². The third-order valence-corrected chi connectivity index (χ3v) is 9.15. The van der Waals surface area contributed by atoms with E-state index in [-0.39, 0.29) is 17.5 Å². The standard InChI is InChI=1S/C28H35F3N6O3/c1-19(38)32-25-5-10-37(33-25)26(39)34-11-7-27(8-12-34)6-2-9-36(27)16-20-3-4-23(28(29,30)31)13-24(20)35-14-21-17-40-18-22(21)15-35/h3-5,10,13,21-22H,2,6-9,11-12,14-18H2,1H3,(H,32,33,38). The van der Waals surface area contributed by atoms with Crippen molar-refractivity contribution in [3.05, 3.63) is 41.6 Å². The second-order valence-electron chi connectivity index (χ2n) is 11.6. The van der Waals surface area contributed by atoms with Crippen LogP contribution in [-0.4, -0.2) is 83.0 Å². The second-order valence-corrected chi connectivity index (χ2v) is 11.6. The Morgan fingerprint density at radius 2 is 1.80 bits per heavy atom. The summed E-state index contributed by atoms with van der Waals surface area (Å²) in [6.07, 6.45) is 0.765. The molecule has 1 N–H and O–H groups in total. The van der Waals surface area contributed by atoms with Gasteiger partial charge in [-0.1, -0.05) is 6.07 Å². The number of nitrogens with zero attached hydrogens (tertiary/aromatic N) is 5. The number of nitrogens with one attached hydrogen (secondary N) is 1. The molecule has 12 heteroatoms. The lowest BCUT2D eigenvalue weighted by Gasteiger charge is -2.45. The van der Waals surface area contributed by atoms with Gasteiger partial charge in [-0.05, 0) is 49.9 Å². The predicted molar refractivity (Wildman–Crippen MR) is 142 cm³/mol. The average molecular weight is 561 g/mol. The van der Waals surface area contributed by atoms with Crippen LogP contribution < -0.4 is 10.2 Å². The molecule has 6 rings (SSSR count). The van der Waals surface area contributed by atoms with E-state index in [1.165, 1.54) is 23.7 Å². The summed E-state index contributed by atoms with van der Waals surface area (Å²) in [6, 6.07) is 5.57. The van der Waals surface area contributed by atoms with Crippen molar-refractivity contribution >= 4 is 23.4 Å². The molecule has 2 unspecified atom stereocenters. The highest BCUT2D eigenvalue weighted by Gasteiger charge is 2.45. The predicted octanol–water partition coefficient (Wildman–Crippen LogP) is 4.04. The largest absolute Gasteiger partial charge is 0.416 e. The van der Waals surface area contributed by atoms with Gasteiger partial charge in [0.25, 0.3) is 0 Å². The molecule has 1 aromatic heterocycles. The van der Waals surface area contributed by atoms with Gasteiger partial charge in [-0.15, -0.1) is 5.10 Å². The van der Waals surface area contributed by atoms with Crippen LogP contribution in [0.15, 0.2) is 30.5 Å². The molecule has 4 aliphatic rings.